The topological polar surface area (TPSA) is 73.6 Å². The monoisotopic (exact) mass is 331 g/mol. The Balaban J connectivity index is 2.15. The van der Waals surface area contributed by atoms with Crippen molar-refractivity contribution >= 4 is 22.6 Å². The van der Waals surface area contributed by atoms with E-state index in [-0.39, 0.29) is 23.1 Å². The summed E-state index contributed by atoms with van der Waals surface area (Å²) in [5.41, 5.74) is 10.7. The molecule has 1 unspecified atom stereocenters. The van der Waals surface area contributed by atoms with E-state index in [0.717, 1.165) is 6.92 Å². The second-order valence-corrected chi connectivity index (χ2v) is 6.76. The SMILES string of the molecule is CC(F)(F)C1OC[C@]2(c3cc(N)ccc3F)N=C(N)SC[C@H]12. The summed E-state index contributed by atoms with van der Waals surface area (Å²) in [5, 5.41) is 0.238. The van der Waals surface area contributed by atoms with E-state index in [2.05, 4.69) is 4.99 Å². The highest BCUT2D eigenvalue weighted by atomic mass is 32.2. The molecule has 22 heavy (non-hydrogen) atoms. The molecular weight excluding hydrogens is 315 g/mol. The molecule has 0 amide bonds. The molecular formula is C14H16F3N3OS. The first-order valence-corrected chi connectivity index (χ1v) is 7.75. The number of nitrogens with zero attached hydrogens (tertiary/aromatic N) is 1. The standard InChI is InChI=1S/C14H16F3N3OS/c1-13(16,17)11-9-5-22-12(19)20-14(9,6-21-11)8-4-7(18)2-3-10(8)15/h2-4,9,11H,5-6,18H2,1H3,(H2,19,20)/t9-,11?,14-/m1/s1. The van der Waals surface area contributed by atoms with E-state index in [0.29, 0.717) is 5.69 Å². The lowest BCUT2D eigenvalue weighted by atomic mass is 9.77. The number of nitrogen functional groups attached to an aromatic ring is 1. The fourth-order valence-electron chi connectivity index (χ4n) is 3.15. The number of alkyl halides is 2. The van der Waals surface area contributed by atoms with Gasteiger partial charge < -0.3 is 16.2 Å². The van der Waals surface area contributed by atoms with Crippen LogP contribution in [0.4, 0.5) is 18.9 Å². The van der Waals surface area contributed by atoms with Crippen LogP contribution in [0, 0.1) is 11.7 Å². The fourth-order valence-corrected chi connectivity index (χ4v) is 4.18. The Bertz CT molecular complexity index is 634. The third-order valence-corrected chi connectivity index (χ3v) is 5.05. The summed E-state index contributed by atoms with van der Waals surface area (Å²) in [4.78, 5) is 4.32. The number of fused-ring (bicyclic) bond motifs is 1. The van der Waals surface area contributed by atoms with Crippen molar-refractivity contribution in [2.45, 2.75) is 24.5 Å². The second kappa shape index (κ2) is 5.06. The van der Waals surface area contributed by atoms with Gasteiger partial charge >= 0.3 is 0 Å². The number of aliphatic imine (C=N–C) groups is 1. The average Bonchev–Trinajstić information content (AvgIpc) is 2.80. The van der Waals surface area contributed by atoms with Gasteiger partial charge in [0.25, 0.3) is 5.92 Å². The number of rotatable bonds is 2. The van der Waals surface area contributed by atoms with Crippen LogP contribution in [0.2, 0.25) is 0 Å². The quantitative estimate of drug-likeness (QED) is 0.816. The molecule has 0 aliphatic carbocycles. The van der Waals surface area contributed by atoms with Crippen LogP contribution in [0.15, 0.2) is 23.2 Å². The maximum Gasteiger partial charge on any atom is 0.271 e. The van der Waals surface area contributed by atoms with Crippen molar-refractivity contribution in [3.8, 4) is 0 Å². The van der Waals surface area contributed by atoms with Crippen molar-refractivity contribution in [3.05, 3.63) is 29.6 Å². The molecule has 2 aliphatic rings. The van der Waals surface area contributed by atoms with Crippen molar-refractivity contribution in [2.24, 2.45) is 16.6 Å². The maximum atomic E-state index is 14.3. The fraction of sp³-hybridized carbons (Fsp3) is 0.500. The average molecular weight is 331 g/mol. The highest BCUT2D eigenvalue weighted by molar-refractivity contribution is 8.13. The highest BCUT2D eigenvalue weighted by Crippen LogP contribution is 2.51. The Kier molecular flexibility index (Phi) is 3.56. The Morgan fingerprint density at radius 3 is 2.82 bits per heavy atom. The number of anilines is 1. The zero-order valence-electron chi connectivity index (χ0n) is 11.9. The predicted octanol–water partition coefficient (Wildman–Crippen LogP) is 2.33. The molecule has 0 saturated carbocycles. The Labute approximate surface area is 130 Å². The van der Waals surface area contributed by atoms with Crippen LogP contribution >= 0.6 is 11.8 Å². The van der Waals surface area contributed by atoms with Crippen molar-refractivity contribution in [3.63, 3.8) is 0 Å². The third-order valence-electron chi connectivity index (χ3n) is 4.14. The van der Waals surface area contributed by atoms with Crippen molar-refractivity contribution in [2.75, 3.05) is 18.1 Å². The second-order valence-electron chi connectivity index (χ2n) is 5.72. The van der Waals surface area contributed by atoms with Gasteiger partial charge in [-0.05, 0) is 18.2 Å². The van der Waals surface area contributed by atoms with E-state index in [1.54, 1.807) is 0 Å². The van der Waals surface area contributed by atoms with Gasteiger partial charge in [0, 0.05) is 29.8 Å². The molecule has 8 heteroatoms. The maximum absolute atomic E-state index is 14.3. The number of hydrogen-bond acceptors (Lipinski definition) is 5. The van der Waals surface area contributed by atoms with Crippen molar-refractivity contribution in [1.82, 2.24) is 0 Å². The van der Waals surface area contributed by atoms with Gasteiger partial charge in [-0.15, -0.1) is 0 Å². The molecule has 3 atom stereocenters. The number of hydrogen-bond donors (Lipinski definition) is 2. The van der Waals surface area contributed by atoms with Gasteiger partial charge in [-0.25, -0.2) is 18.2 Å². The molecule has 1 saturated heterocycles. The van der Waals surface area contributed by atoms with Crippen molar-refractivity contribution in [1.29, 1.82) is 0 Å². The van der Waals surface area contributed by atoms with E-state index in [9.17, 15) is 13.2 Å². The summed E-state index contributed by atoms with van der Waals surface area (Å²) in [6, 6.07) is 4.05. The zero-order chi connectivity index (χ0) is 16.1. The van der Waals surface area contributed by atoms with Gasteiger partial charge in [-0.1, -0.05) is 11.8 Å². The third kappa shape index (κ3) is 2.34. The first-order valence-electron chi connectivity index (χ1n) is 6.77. The minimum Gasteiger partial charge on any atom is -0.399 e. The van der Waals surface area contributed by atoms with Crippen LogP contribution in [0.1, 0.15) is 12.5 Å². The number of benzene rings is 1. The minimum absolute atomic E-state index is 0.145. The van der Waals surface area contributed by atoms with Crippen LogP contribution in [0.25, 0.3) is 0 Å². The van der Waals surface area contributed by atoms with Gasteiger partial charge in [0.15, 0.2) is 5.17 Å². The number of thioether (sulfide) groups is 1. The number of ether oxygens (including phenoxy) is 1. The summed E-state index contributed by atoms with van der Waals surface area (Å²) in [6.45, 7) is 0.656. The van der Waals surface area contributed by atoms with Gasteiger partial charge in [-0.3, -0.25) is 0 Å². The summed E-state index contributed by atoms with van der Waals surface area (Å²) in [6.07, 6.45) is -1.34. The molecule has 2 aliphatic heterocycles. The van der Waals surface area contributed by atoms with Crippen LogP contribution in [0.3, 0.4) is 0 Å². The Hall–Kier alpha value is -1.41. The summed E-state index contributed by atoms with van der Waals surface area (Å²) in [7, 11) is 0. The van der Waals surface area contributed by atoms with Gasteiger partial charge in [0.2, 0.25) is 0 Å². The lowest BCUT2D eigenvalue weighted by Gasteiger charge is -2.37. The van der Waals surface area contributed by atoms with Gasteiger partial charge in [0.1, 0.15) is 17.5 Å². The van der Waals surface area contributed by atoms with Crippen LogP contribution < -0.4 is 11.5 Å². The molecule has 2 heterocycles. The molecule has 1 fully saturated rings. The van der Waals surface area contributed by atoms with E-state index >= 15 is 0 Å². The summed E-state index contributed by atoms with van der Waals surface area (Å²) < 4.78 is 47.3. The molecule has 3 rings (SSSR count). The van der Waals surface area contributed by atoms with Crippen LogP contribution in [-0.2, 0) is 10.3 Å². The Morgan fingerprint density at radius 1 is 1.41 bits per heavy atom. The highest BCUT2D eigenvalue weighted by Gasteiger charge is 2.59. The summed E-state index contributed by atoms with van der Waals surface area (Å²) >= 11 is 1.18. The molecule has 0 spiro atoms. The van der Waals surface area contributed by atoms with Crippen molar-refractivity contribution < 1.29 is 17.9 Å². The Morgan fingerprint density at radius 2 is 2.14 bits per heavy atom. The van der Waals surface area contributed by atoms with Gasteiger partial charge in [0.05, 0.1) is 6.61 Å². The number of nitrogens with two attached hydrogens (primary N) is 2. The molecule has 120 valence electrons. The molecule has 4 N–H and O–H groups in total. The molecule has 1 aromatic carbocycles. The lowest BCUT2D eigenvalue weighted by molar-refractivity contribution is -0.113. The molecule has 0 bridgehead atoms. The smallest absolute Gasteiger partial charge is 0.271 e. The summed E-state index contributed by atoms with van der Waals surface area (Å²) in [5.74, 6) is -3.99. The zero-order valence-corrected chi connectivity index (χ0v) is 12.7. The van der Waals surface area contributed by atoms with Crippen LogP contribution in [0.5, 0.6) is 0 Å². The van der Waals surface area contributed by atoms with E-state index < -0.39 is 29.3 Å². The van der Waals surface area contributed by atoms with E-state index in [4.69, 9.17) is 16.2 Å². The molecule has 0 radical (unpaired) electrons. The number of halogens is 3. The lowest BCUT2D eigenvalue weighted by Crippen LogP contribution is -2.46. The molecule has 1 aromatic rings. The van der Waals surface area contributed by atoms with Gasteiger partial charge in [-0.2, -0.15) is 0 Å². The van der Waals surface area contributed by atoms with Crippen LogP contribution in [-0.4, -0.2) is 29.6 Å². The molecule has 0 aromatic heterocycles. The largest absolute Gasteiger partial charge is 0.399 e. The molecule has 4 nitrogen and oxygen atoms in total. The van der Waals surface area contributed by atoms with E-state index in [1.807, 2.05) is 0 Å². The number of amidine groups is 1. The first kappa shape index (κ1) is 15.5. The normalized spacial score (nSPS) is 31.7. The predicted molar refractivity (Wildman–Crippen MR) is 80.4 cm³/mol. The first-order chi connectivity index (χ1) is 10.2. The minimum atomic E-state index is -3.05. The van der Waals surface area contributed by atoms with E-state index in [1.165, 1.54) is 30.0 Å².